The van der Waals surface area contributed by atoms with Crippen LogP contribution in [-0.2, 0) is 28.1 Å². The number of alkyl halides is 3. The highest BCUT2D eigenvalue weighted by atomic mass is 31.1. The van der Waals surface area contributed by atoms with Crippen LogP contribution in [-0.4, -0.2) is 30.5 Å². The molecule has 0 aliphatic heterocycles. The Morgan fingerprint density at radius 1 is 1.06 bits per heavy atom. The van der Waals surface area contributed by atoms with Gasteiger partial charge >= 0.3 is 14.9 Å². The van der Waals surface area contributed by atoms with Crippen LogP contribution >= 0.6 is 8.69 Å². The van der Waals surface area contributed by atoms with Crippen molar-refractivity contribution in [3.05, 3.63) is 64.7 Å². The Morgan fingerprint density at radius 3 is 2.36 bits per heavy atom. The van der Waals surface area contributed by atoms with E-state index in [1.807, 2.05) is 0 Å². The second kappa shape index (κ2) is 11.4. The number of rotatable bonds is 13. The molecule has 0 amide bonds. The third-order valence-electron chi connectivity index (χ3n) is 5.89. The lowest BCUT2D eigenvalue weighted by atomic mass is 9.93. The van der Waals surface area contributed by atoms with Gasteiger partial charge in [0.1, 0.15) is 12.4 Å². The molecule has 2 aromatic rings. The molecule has 5 nitrogen and oxygen atoms in total. The average molecular weight is 484 g/mol. The molecule has 0 spiro atoms. The maximum Gasteiger partial charge on any atom is 0.494 e. The third kappa shape index (κ3) is 7.78. The van der Waals surface area contributed by atoms with E-state index in [1.54, 1.807) is 6.07 Å². The molecule has 3 rings (SSSR count). The summed E-state index contributed by atoms with van der Waals surface area (Å²) in [6.07, 6.45) is -0.359. The summed E-state index contributed by atoms with van der Waals surface area (Å²) in [5, 5.41) is 9.46. The second-order valence-electron chi connectivity index (χ2n) is 8.69. The number of halogens is 3. The van der Waals surface area contributed by atoms with Crippen LogP contribution < -0.4 is 10.5 Å². The monoisotopic (exact) mass is 484 g/mol. The molecule has 3 N–H and O–H groups in total. The first-order chi connectivity index (χ1) is 15.7. The van der Waals surface area contributed by atoms with Gasteiger partial charge in [-0.25, -0.2) is 0 Å². The second-order valence-corrected chi connectivity index (χ2v) is 9.14. The zero-order chi connectivity index (χ0) is 23.9. The predicted molar refractivity (Wildman–Crippen MR) is 121 cm³/mol. The summed E-state index contributed by atoms with van der Waals surface area (Å²) in [7, 11) is -1.02. The maximum atomic E-state index is 13.6. The molecule has 180 valence electrons. The first-order valence-electron chi connectivity index (χ1n) is 11.0. The first-order valence-corrected chi connectivity index (χ1v) is 11.9. The van der Waals surface area contributed by atoms with Crippen molar-refractivity contribution in [2.75, 3.05) is 19.8 Å². The molecule has 2 unspecified atom stereocenters. The topological polar surface area (TPSA) is 81.8 Å². The lowest BCUT2D eigenvalue weighted by Gasteiger charge is -2.24. The van der Waals surface area contributed by atoms with Gasteiger partial charge in [0.05, 0.1) is 24.3 Å². The van der Waals surface area contributed by atoms with Crippen molar-refractivity contribution in [1.29, 1.82) is 0 Å². The molecule has 1 saturated carbocycles. The number of aliphatic hydroxyl groups excluding tert-OH is 1. The van der Waals surface area contributed by atoms with Crippen molar-refractivity contribution in [3.63, 3.8) is 0 Å². The summed E-state index contributed by atoms with van der Waals surface area (Å²) in [6.45, 7) is -0.410. The third-order valence-corrected chi connectivity index (χ3v) is 6.15. The van der Waals surface area contributed by atoms with Crippen molar-refractivity contribution >= 4 is 8.69 Å². The molecule has 1 aliphatic rings. The summed E-state index contributed by atoms with van der Waals surface area (Å²) in [6, 6.07) is 12.4. The Morgan fingerprint density at radius 2 is 1.76 bits per heavy atom. The van der Waals surface area contributed by atoms with E-state index in [0.717, 1.165) is 18.1 Å². The minimum absolute atomic E-state index is 0.151. The van der Waals surface area contributed by atoms with Crippen molar-refractivity contribution in [2.24, 2.45) is 5.73 Å². The molecule has 33 heavy (non-hydrogen) atoms. The zero-order valence-corrected chi connectivity index (χ0v) is 19.4. The van der Waals surface area contributed by atoms with E-state index in [9.17, 15) is 22.8 Å². The van der Waals surface area contributed by atoms with Gasteiger partial charge in [-0.05, 0) is 77.8 Å². The van der Waals surface area contributed by atoms with Gasteiger partial charge in [0, 0.05) is 0 Å². The fourth-order valence-corrected chi connectivity index (χ4v) is 4.02. The Labute approximate surface area is 193 Å². The van der Waals surface area contributed by atoms with Crippen LogP contribution in [0.4, 0.5) is 13.2 Å². The number of hydrogen-bond acceptors (Lipinski definition) is 5. The summed E-state index contributed by atoms with van der Waals surface area (Å²) in [4.78, 5) is 0. The number of ether oxygens (including phenoxy) is 1. The molecule has 0 bridgehead atoms. The number of aliphatic hydroxyl groups is 1. The molecule has 0 saturated heterocycles. The normalized spacial score (nSPS) is 16.0. The van der Waals surface area contributed by atoms with Crippen LogP contribution in [0.25, 0.3) is 0 Å². The molecule has 2 atom stereocenters. The molecule has 1 aliphatic carbocycles. The minimum atomic E-state index is -4.56. The molecule has 9 heteroatoms. The Hall–Kier alpha value is -1.99. The van der Waals surface area contributed by atoms with Crippen LogP contribution in [0, 0.1) is 0 Å². The number of nitrogens with two attached hydrogens (primary N) is 1. The number of hydrogen-bond donors (Lipinski definition) is 2. The molecule has 0 aromatic heterocycles. The fourth-order valence-electron chi connectivity index (χ4n) is 3.67. The van der Waals surface area contributed by atoms with Gasteiger partial charge in [0.15, 0.2) is 0 Å². The maximum absolute atomic E-state index is 13.6. The molecular formula is C24H30F3NO4P+. The smallest absolute Gasteiger partial charge is 0.493 e. The molecule has 0 heterocycles. The Kier molecular flexibility index (Phi) is 8.88. The van der Waals surface area contributed by atoms with Crippen molar-refractivity contribution in [2.45, 2.75) is 56.2 Å². The van der Waals surface area contributed by atoms with E-state index >= 15 is 0 Å². The van der Waals surface area contributed by atoms with Crippen LogP contribution in [0.2, 0.25) is 0 Å². The van der Waals surface area contributed by atoms with E-state index in [4.69, 9.17) is 15.0 Å². The Bertz CT molecular complexity index is 919. The van der Waals surface area contributed by atoms with Crippen molar-refractivity contribution < 1.29 is 32.1 Å². The highest BCUT2D eigenvalue weighted by Gasteiger charge is 2.35. The summed E-state index contributed by atoms with van der Waals surface area (Å²) in [5.74, 6) is 0.495. The van der Waals surface area contributed by atoms with E-state index in [2.05, 4.69) is 24.3 Å². The van der Waals surface area contributed by atoms with E-state index in [1.165, 1.54) is 24.5 Å². The lowest BCUT2D eigenvalue weighted by molar-refractivity contribution is -0.139. The number of benzene rings is 2. The van der Waals surface area contributed by atoms with Crippen LogP contribution in [0.15, 0.2) is 42.5 Å². The van der Waals surface area contributed by atoms with Gasteiger partial charge in [-0.3, -0.25) is 0 Å². The molecule has 1 fully saturated rings. The van der Waals surface area contributed by atoms with Gasteiger partial charge in [-0.1, -0.05) is 30.3 Å². The molecule has 2 aromatic carbocycles. The van der Waals surface area contributed by atoms with Crippen LogP contribution in [0.3, 0.4) is 0 Å². The number of aryl methyl sites for hydroxylation is 2. The average Bonchev–Trinajstić information content (AvgIpc) is 3.65. The minimum Gasteiger partial charge on any atom is -0.493 e. The summed E-state index contributed by atoms with van der Waals surface area (Å²) < 4.78 is 61.6. The zero-order valence-electron chi connectivity index (χ0n) is 18.4. The fraction of sp³-hybridized carbons (Fsp3) is 0.500. The van der Waals surface area contributed by atoms with Crippen LogP contribution in [0.5, 0.6) is 5.75 Å². The largest absolute Gasteiger partial charge is 0.494 e. The van der Waals surface area contributed by atoms with E-state index in [0.29, 0.717) is 17.9 Å². The summed E-state index contributed by atoms with van der Waals surface area (Å²) >= 11 is 0. The van der Waals surface area contributed by atoms with Crippen molar-refractivity contribution in [3.8, 4) is 5.75 Å². The highest BCUT2D eigenvalue weighted by Crippen LogP contribution is 2.40. The lowest BCUT2D eigenvalue weighted by Crippen LogP contribution is -2.47. The quantitative estimate of drug-likeness (QED) is 0.303. The van der Waals surface area contributed by atoms with Crippen LogP contribution in [0.1, 0.15) is 53.9 Å². The van der Waals surface area contributed by atoms with Gasteiger partial charge in [-0.15, -0.1) is 4.52 Å². The molecular weight excluding hydrogens is 454 g/mol. The van der Waals surface area contributed by atoms with Gasteiger partial charge in [0.25, 0.3) is 0 Å². The molecule has 0 radical (unpaired) electrons. The van der Waals surface area contributed by atoms with E-state index in [-0.39, 0.29) is 31.8 Å². The van der Waals surface area contributed by atoms with E-state index < -0.39 is 32.6 Å². The highest BCUT2D eigenvalue weighted by molar-refractivity contribution is 7.17. The SMILES string of the molecule is NC(CO)(CCc1ccc(OCCCc2ccc(C3CC3)cc2)c(C(F)(F)F)c1)CO[PH+]=O. The van der Waals surface area contributed by atoms with Gasteiger partial charge in [0.2, 0.25) is 0 Å². The standard InChI is InChI=1S/C24H30F3NO4P/c25-24(26,27)21-14-18(11-12-23(28,15-29)16-32-33-30)5-10-22(21)31-13-1-2-17-3-6-19(7-4-17)20-8-9-20/h3-7,10,14,20,29,33H,1-2,8-9,11-13,15-16,28H2/q+1. The Balaban J connectivity index is 1.56. The predicted octanol–water partition coefficient (Wildman–Crippen LogP) is 5.17. The summed E-state index contributed by atoms with van der Waals surface area (Å²) in [5.41, 5.74) is 6.88. The van der Waals surface area contributed by atoms with Crippen molar-refractivity contribution in [1.82, 2.24) is 0 Å². The van der Waals surface area contributed by atoms with Gasteiger partial charge < -0.3 is 15.6 Å². The first kappa shape index (κ1) is 25.6. The van der Waals surface area contributed by atoms with Gasteiger partial charge in [-0.2, -0.15) is 13.2 Å².